The number of non-ortho nitro benzene ring substituents is 1. The van der Waals surface area contributed by atoms with Crippen molar-refractivity contribution in [3.8, 4) is 0 Å². The second kappa shape index (κ2) is 5.68. The van der Waals surface area contributed by atoms with Crippen molar-refractivity contribution in [1.82, 2.24) is 0 Å². The number of nitro benzene ring substituents is 1. The zero-order valence-corrected chi connectivity index (χ0v) is 9.81. The summed E-state index contributed by atoms with van der Waals surface area (Å²) < 4.78 is 39.8. The number of halogens is 3. The highest BCUT2D eigenvalue weighted by Crippen LogP contribution is 2.21. The van der Waals surface area contributed by atoms with Gasteiger partial charge in [0.15, 0.2) is 0 Å². The van der Waals surface area contributed by atoms with E-state index in [0.29, 0.717) is 5.56 Å². The Bertz CT molecular complexity index is 470. The maximum atomic E-state index is 11.9. The molecule has 0 aliphatic carbocycles. The molecule has 0 N–H and O–H groups in total. The number of ether oxygens (including phenoxy) is 1. The van der Waals surface area contributed by atoms with Crippen LogP contribution in [0.4, 0.5) is 18.9 Å². The molecule has 5 nitrogen and oxygen atoms in total. The summed E-state index contributed by atoms with van der Waals surface area (Å²) in [6.45, 7) is 1.10. The second-order valence-corrected chi connectivity index (χ2v) is 3.85. The number of esters is 1. The van der Waals surface area contributed by atoms with Crippen LogP contribution in [-0.4, -0.2) is 23.7 Å². The molecule has 0 aliphatic heterocycles. The van der Waals surface area contributed by atoms with Gasteiger partial charge in [-0.2, -0.15) is 13.2 Å². The monoisotopic (exact) mass is 277 g/mol. The first-order valence-corrected chi connectivity index (χ1v) is 5.20. The van der Waals surface area contributed by atoms with E-state index in [2.05, 4.69) is 4.74 Å². The van der Waals surface area contributed by atoms with E-state index in [4.69, 9.17) is 0 Å². The number of nitro groups is 1. The summed E-state index contributed by atoms with van der Waals surface area (Å²) in [7, 11) is 0. The molecule has 0 spiro atoms. The van der Waals surface area contributed by atoms with Crippen LogP contribution >= 0.6 is 0 Å². The van der Waals surface area contributed by atoms with Crippen LogP contribution < -0.4 is 0 Å². The van der Waals surface area contributed by atoms with Gasteiger partial charge in [-0.25, -0.2) is 4.79 Å². The minimum Gasteiger partial charge on any atom is -0.458 e. The summed E-state index contributed by atoms with van der Waals surface area (Å²) in [5.41, 5.74) is 0.420. The first kappa shape index (κ1) is 14.9. The maximum absolute atomic E-state index is 11.9. The zero-order valence-electron chi connectivity index (χ0n) is 9.81. The molecule has 0 amide bonds. The number of nitrogens with zero attached hydrogens (tertiary/aromatic N) is 1. The molecular formula is C11H10F3NO4. The summed E-state index contributed by atoms with van der Waals surface area (Å²) in [6, 6.07) is 5.28. The molecule has 8 heteroatoms. The average molecular weight is 277 g/mol. The molecule has 1 aromatic rings. The van der Waals surface area contributed by atoms with Crippen molar-refractivity contribution >= 4 is 11.7 Å². The van der Waals surface area contributed by atoms with E-state index in [1.807, 2.05) is 0 Å². The van der Waals surface area contributed by atoms with E-state index in [1.165, 1.54) is 24.3 Å². The van der Waals surface area contributed by atoms with Crippen molar-refractivity contribution in [1.29, 1.82) is 0 Å². The molecule has 0 aromatic heterocycles. The lowest BCUT2D eigenvalue weighted by Gasteiger charge is -2.13. The van der Waals surface area contributed by atoms with Crippen molar-refractivity contribution in [2.24, 2.45) is 0 Å². The Morgan fingerprint density at radius 1 is 1.37 bits per heavy atom. The van der Waals surface area contributed by atoms with Crippen LogP contribution in [0, 0.1) is 10.1 Å². The van der Waals surface area contributed by atoms with E-state index in [1.54, 1.807) is 6.92 Å². The Labute approximate surface area is 106 Å². The quantitative estimate of drug-likeness (QED) is 0.482. The van der Waals surface area contributed by atoms with Gasteiger partial charge in [0.05, 0.1) is 11.5 Å². The van der Waals surface area contributed by atoms with Gasteiger partial charge < -0.3 is 4.74 Å². The Morgan fingerprint density at radius 2 is 1.89 bits per heavy atom. The SMILES string of the molecule is CC(COC(=O)C(F)(F)F)c1ccc([N+](=O)[O-])cc1. The first-order chi connectivity index (χ1) is 8.71. The second-order valence-electron chi connectivity index (χ2n) is 3.85. The van der Waals surface area contributed by atoms with Crippen LogP contribution in [-0.2, 0) is 9.53 Å². The van der Waals surface area contributed by atoms with Crippen LogP contribution in [0.1, 0.15) is 18.4 Å². The number of carbonyl (C=O) groups excluding carboxylic acids is 1. The lowest BCUT2D eigenvalue weighted by molar-refractivity contribution is -0.384. The minimum atomic E-state index is -5.02. The largest absolute Gasteiger partial charge is 0.490 e. The third kappa shape index (κ3) is 4.23. The molecule has 104 valence electrons. The normalized spacial score (nSPS) is 12.8. The number of hydrogen-bond acceptors (Lipinski definition) is 4. The standard InChI is InChI=1S/C11H10F3NO4/c1-7(6-19-10(16)11(12,13)14)8-2-4-9(5-3-8)15(17)18/h2-5,7H,6H2,1H3. The number of alkyl halides is 3. The molecule has 0 aliphatic rings. The number of carbonyl (C=O) groups is 1. The van der Waals surface area contributed by atoms with Gasteiger partial charge in [-0.1, -0.05) is 19.1 Å². The van der Waals surface area contributed by atoms with Gasteiger partial charge in [-0.05, 0) is 5.56 Å². The van der Waals surface area contributed by atoms with E-state index < -0.39 is 29.6 Å². The van der Waals surface area contributed by atoms with Crippen molar-refractivity contribution in [2.75, 3.05) is 6.61 Å². The molecule has 19 heavy (non-hydrogen) atoms. The van der Waals surface area contributed by atoms with Crippen LogP contribution in [0.15, 0.2) is 24.3 Å². The molecule has 0 saturated heterocycles. The summed E-state index contributed by atoms with van der Waals surface area (Å²) >= 11 is 0. The zero-order chi connectivity index (χ0) is 14.6. The van der Waals surface area contributed by atoms with Gasteiger partial charge in [-0.15, -0.1) is 0 Å². The molecule has 0 fully saturated rings. The van der Waals surface area contributed by atoms with Gasteiger partial charge in [0, 0.05) is 18.1 Å². The third-order valence-corrected chi connectivity index (χ3v) is 2.37. The molecule has 0 bridgehead atoms. The predicted molar refractivity (Wildman–Crippen MR) is 58.5 cm³/mol. The highest BCUT2D eigenvalue weighted by molar-refractivity contribution is 5.75. The van der Waals surface area contributed by atoms with Gasteiger partial charge in [0.1, 0.15) is 0 Å². The third-order valence-electron chi connectivity index (χ3n) is 2.37. The van der Waals surface area contributed by atoms with Gasteiger partial charge >= 0.3 is 12.1 Å². The van der Waals surface area contributed by atoms with Crippen molar-refractivity contribution < 1.29 is 27.6 Å². The predicted octanol–water partition coefficient (Wildman–Crippen LogP) is 2.80. The lowest BCUT2D eigenvalue weighted by Crippen LogP contribution is -2.26. The Morgan fingerprint density at radius 3 is 2.32 bits per heavy atom. The fourth-order valence-corrected chi connectivity index (χ4v) is 1.30. The Kier molecular flexibility index (Phi) is 4.47. The fourth-order valence-electron chi connectivity index (χ4n) is 1.30. The summed E-state index contributed by atoms with van der Waals surface area (Å²) in [5, 5.41) is 10.4. The minimum absolute atomic E-state index is 0.122. The van der Waals surface area contributed by atoms with E-state index in [0.717, 1.165) is 0 Å². The van der Waals surface area contributed by atoms with Gasteiger partial charge in [0.2, 0.25) is 0 Å². The van der Waals surface area contributed by atoms with Gasteiger partial charge in [-0.3, -0.25) is 10.1 Å². The molecule has 1 rings (SSSR count). The summed E-state index contributed by atoms with van der Waals surface area (Å²) in [5.74, 6) is -2.74. The summed E-state index contributed by atoms with van der Waals surface area (Å²) in [4.78, 5) is 20.3. The molecule has 1 unspecified atom stereocenters. The molecule has 1 atom stereocenters. The average Bonchev–Trinajstić information content (AvgIpc) is 2.34. The molecule has 0 radical (unpaired) electrons. The Hall–Kier alpha value is -2.12. The van der Waals surface area contributed by atoms with Gasteiger partial charge in [0.25, 0.3) is 5.69 Å². The maximum Gasteiger partial charge on any atom is 0.490 e. The van der Waals surface area contributed by atoms with Crippen molar-refractivity contribution in [3.63, 3.8) is 0 Å². The molecule has 0 heterocycles. The van der Waals surface area contributed by atoms with Crippen LogP contribution in [0.5, 0.6) is 0 Å². The number of benzene rings is 1. The van der Waals surface area contributed by atoms with Crippen LogP contribution in [0.3, 0.4) is 0 Å². The Balaban J connectivity index is 2.61. The molecule has 1 aromatic carbocycles. The van der Waals surface area contributed by atoms with Crippen LogP contribution in [0.2, 0.25) is 0 Å². The van der Waals surface area contributed by atoms with Crippen LogP contribution in [0.25, 0.3) is 0 Å². The first-order valence-electron chi connectivity index (χ1n) is 5.20. The molecular weight excluding hydrogens is 267 g/mol. The van der Waals surface area contributed by atoms with Crippen molar-refractivity contribution in [2.45, 2.75) is 19.0 Å². The van der Waals surface area contributed by atoms with E-state index >= 15 is 0 Å². The number of hydrogen-bond donors (Lipinski definition) is 0. The number of rotatable bonds is 4. The fraction of sp³-hybridized carbons (Fsp3) is 0.364. The highest BCUT2D eigenvalue weighted by atomic mass is 19.4. The summed E-state index contributed by atoms with van der Waals surface area (Å²) in [6.07, 6.45) is -5.02. The molecule has 0 saturated carbocycles. The van der Waals surface area contributed by atoms with E-state index in [9.17, 15) is 28.1 Å². The highest BCUT2D eigenvalue weighted by Gasteiger charge is 2.41. The topological polar surface area (TPSA) is 69.4 Å². The lowest BCUT2D eigenvalue weighted by atomic mass is 10.0. The van der Waals surface area contributed by atoms with Crippen molar-refractivity contribution in [3.05, 3.63) is 39.9 Å². The van der Waals surface area contributed by atoms with E-state index in [-0.39, 0.29) is 5.69 Å². The smallest absolute Gasteiger partial charge is 0.458 e.